The van der Waals surface area contributed by atoms with E-state index >= 15 is 0 Å². The lowest BCUT2D eigenvalue weighted by Crippen LogP contribution is -2.18. The Morgan fingerprint density at radius 1 is 1.39 bits per heavy atom. The summed E-state index contributed by atoms with van der Waals surface area (Å²) in [6.07, 6.45) is 2.58. The van der Waals surface area contributed by atoms with Gasteiger partial charge in [0.1, 0.15) is 12.3 Å². The number of hydrogen-bond donors (Lipinski definition) is 0. The number of nitrogens with zero attached hydrogens (tertiary/aromatic N) is 2. The highest BCUT2D eigenvalue weighted by Gasteiger charge is 2.03. The van der Waals surface area contributed by atoms with E-state index in [2.05, 4.69) is 0 Å². The molecule has 0 radical (unpaired) electrons. The second kappa shape index (κ2) is 5.37. The minimum atomic E-state index is -0.143. The first kappa shape index (κ1) is 12.2. The van der Waals surface area contributed by atoms with Crippen molar-refractivity contribution in [3.8, 4) is 11.8 Å². The van der Waals surface area contributed by atoms with E-state index < -0.39 is 0 Å². The van der Waals surface area contributed by atoms with Crippen molar-refractivity contribution in [2.75, 3.05) is 6.61 Å². The Morgan fingerprint density at radius 2 is 2.22 bits per heavy atom. The van der Waals surface area contributed by atoms with Crippen LogP contribution in [0.2, 0.25) is 0 Å². The Hall–Kier alpha value is -2.28. The molecule has 18 heavy (non-hydrogen) atoms. The third-order valence-corrected chi connectivity index (χ3v) is 2.66. The highest BCUT2D eigenvalue weighted by Crippen LogP contribution is 2.18. The maximum Gasteiger partial charge on any atom is 0.259 e. The lowest BCUT2D eigenvalue weighted by molar-refractivity contribution is 0.318. The predicted octanol–water partition coefficient (Wildman–Crippen LogP) is 2.31. The molecule has 4 nitrogen and oxygen atoms in total. The molecule has 2 aromatic rings. The fourth-order valence-electron chi connectivity index (χ4n) is 1.78. The molecule has 1 aromatic heterocycles. The Bertz CT molecular complexity index is 653. The Balaban J connectivity index is 2.45. The molecule has 1 heterocycles. The second-order valence-corrected chi connectivity index (χ2v) is 4.00. The van der Waals surface area contributed by atoms with Crippen molar-refractivity contribution in [2.45, 2.75) is 19.9 Å². The minimum absolute atomic E-state index is 0.0723. The van der Waals surface area contributed by atoms with Gasteiger partial charge in [0.15, 0.2) is 0 Å². The zero-order valence-corrected chi connectivity index (χ0v) is 10.2. The van der Waals surface area contributed by atoms with Gasteiger partial charge in [0, 0.05) is 11.6 Å². The summed E-state index contributed by atoms with van der Waals surface area (Å²) in [4.78, 5) is 12.0. The molecule has 4 heteroatoms. The van der Waals surface area contributed by atoms with Crippen LogP contribution in [0.4, 0.5) is 0 Å². The summed E-state index contributed by atoms with van der Waals surface area (Å²) in [7, 11) is 0. The van der Waals surface area contributed by atoms with E-state index in [1.165, 1.54) is 4.57 Å². The van der Waals surface area contributed by atoms with E-state index in [1.54, 1.807) is 18.3 Å². The zero-order valence-electron chi connectivity index (χ0n) is 10.2. The van der Waals surface area contributed by atoms with Gasteiger partial charge in [0.25, 0.3) is 5.56 Å². The topological polar surface area (TPSA) is 55.0 Å². The molecule has 0 bridgehead atoms. The largest absolute Gasteiger partial charge is 0.494 e. The summed E-state index contributed by atoms with van der Waals surface area (Å²) in [6, 6.07) is 9.18. The molecule has 2 rings (SSSR count). The zero-order chi connectivity index (χ0) is 13.0. The molecule has 0 fully saturated rings. The van der Waals surface area contributed by atoms with Gasteiger partial charge in [-0.25, -0.2) is 0 Å². The second-order valence-electron chi connectivity index (χ2n) is 4.00. The van der Waals surface area contributed by atoms with Crippen molar-refractivity contribution in [3.63, 3.8) is 0 Å². The lowest BCUT2D eigenvalue weighted by atomic mass is 10.1. The quantitative estimate of drug-likeness (QED) is 0.826. The van der Waals surface area contributed by atoms with Crippen LogP contribution in [0.25, 0.3) is 10.8 Å². The summed E-state index contributed by atoms with van der Waals surface area (Å²) in [5.41, 5.74) is -0.143. The smallest absolute Gasteiger partial charge is 0.259 e. The molecule has 0 aliphatic carbocycles. The molecule has 0 amide bonds. The lowest BCUT2D eigenvalue weighted by Gasteiger charge is -2.07. The van der Waals surface area contributed by atoms with E-state index in [9.17, 15) is 4.79 Å². The van der Waals surface area contributed by atoms with Gasteiger partial charge in [-0.15, -0.1) is 0 Å². The maximum atomic E-state index is 12.0. The molecule has 0 spiro atoms. The molecule has 92 valence electrons. The summed E-state index contributed by atoms with van der Waals surface area (Å²) >= 11 is 0. The average molecular weight is 242 g/mol. The Morgan fingerprint density at radius 3 is 2.94 bits per heavy atom. The SMILES string of the molecule is CCCOc1ccc2c(=O)n(CC#N)ccc2c1. The minimum Gasteiger partial charge on any atom is -0.494 e. The number of ether oxygens (including phenoxy) is 1. The van der Waals surface area contributed by atoms with Crippen molar-refractivity contribution in [3.05, 3.63) is 40.8 Å². The third-order valence-electron chi connectivity index (χ3n) is 2.66. The van der Waals surface area contributed by atoms with E-state index in [0.717, 1.165) is 17.6 Å². The Kier molecular flexibility index (Phi) is 3.63. The van der Waals surface area contributed by atoms with E-state index in [1.807, 2.05) is 25.1 Å². The van der Waals surface area contributed by atoms with Crippen LogP contribution in [-0.2, 0) is 6.54 Å². The summed E-state index contributed by atoms with van der Waals surface area (Å²) < 4.78 is 6.92. The first-order valence-corrected chi connectivity index (χ1v) is 5.89. The molecule has 0 saturated carbocycles. The summed E-state index contributed by atoms with van der Waals surface area (Å²) in [6.45, 7) is 2.78. The molecule has 0 unspecified atom stereocenters. The van der Waals surface area contributed by atoms with Crippen molar-refractivity contribution >= 4 is 10.8 Å². The standard InChI is InChI=1S/C14H14N2O2/c1-2-9-18-12-3-4-13-11(10-12)5-7-16(8-6-15)14(13)17/h3-5,7,10H,2,8-9H2,1H3. The first-order chi connectivity index (χ1) is 8.76. The van der Waals surface area contributed by atoms with Gasteiger partial charge < -0.3 is 9.30 Å². The van der Waals surface area contributed by atoms with Crippen LogP contribution in [0.5, 0.6) is 5.75 Å². The number of aromatic nitrogens is 1. The van der Waals surface area contributed by atoms with E-state index in [4.69, 9.17) is 10.00 Å². The number of pyridine rings is 1. The number of fused-ring (bicyclic) bond motifs is 1. The molecule has 0 N–H and O–H groups in total. The van der Waals surface area contributed by atoms with Crippen LogP contribution in [0, 0.1) is 11.3 Å². The van der Waals surface area contributed by atoms with Crippen molar-refractivity contribution < 1.29 is 4.74 Å². The number of rotatable bonds is 4. The highest BCUT2D eigenvalue weighted by molar-refractivity contribution is 5.82. The van der Waals surface area contributed by atoms with Gasteiger partial charge >= 0.3 is 0 Å². The fourth-order valence-corrected chi connectivity index (χ4v) is 1.78. The summed E-state index contributed by atoms with van der Waals surface area (Å²) in [5, 5.41) is 10.1. The van der Waals surface area contributed by atoms with Crippen molar-refractivity contribution in [1.82, 2.24) is 4.57 Å². The number of hydrogen-bond acceptors (Lipinski definition) is 3. The van der Waals surface area contributed by atoms with Gasteiger partial charge in [0.2, 0.25) is 0 Å². The van der Waals surface area contributed by atoms with Gasteiger partial charge in [-0.1, -0.05) is 6.92 Å². The predicted molar refractivity (Wildman–Crippen MR) is 69.6 cm³/mol. The summed E-state index contributed by atoms with van der Waals surface area (Å²) in [5.74, 6) is 0.766. The van der Waals surface area contributed by atoms with Gasteiger partial charge in [-0.05, 0) is 36.1 Å². The molecule has 1 aromatic carbocycles. The van der Waals surface area contributed by atoms with Crippen LogP contribution < -0.4 is 10.3 Å². The molecule has 0 aliphatic heterocycles. The van der Waals surface area contributed by atoms with Crippen LogP contribution in [-0.4, -0.2) is 11.2 Å². The first-order valence-electron chi connectivity index (χ1n) is 5.89. The van der Waals surface area contributed by atoms with Crippen molar-refractivity contribution in [2.24, 2.45) is 0 Å². The fraction of sp³-hybridized carbons (Fsp3) is 0.286. The van der Waals surface area contributed by atoms with Gasteiger partial charge in [-0.3, -0.25) is 4.79 Å². The average Bonchev–Trinajstić information content (AvgIpc) is 2.40. The van der Waals surface area contributed by atoms with Crippen molar-refractivity contribution in [1.29, 1.82) is 5.26 Å². The Labute approximate surface area is 105 Å². The van der Waals surface area contributed by atoms with Crippen LogP contribution in [0.3, 0.4) is 0 Å². The molecular formula is C14H14N2O2. The monoisotopic (exact) mass is 242 g/mol. The van der Waals surface area contributed by atoms with Crippen LogP contribution in [0.15, 0.2) is 35.3 Å². The van der Waals surface area contributed by atoms with Crippen LogP contribution >= 0.6 is 0 Å². The van der Waals surface area contributed by atoms with E-state index in [0.29, 0.717) is 12.0 Å². The number of benzene rings is 1. The molecule has 0 aliphatic rings. The highest BCUT2D eigenvalue weighted by atomic mass is 16.5. The molecular weight excluding hydrogens is 228 g/mol. The molecule has 0 atom stereocenters. The van der Waals surface area contributed by atoms with Crippen LogP contribution in [0.1, 0.15) is 13.3 Å². The normalized spacial score (nSPS) is 10.2. The van der Waals surface area contributed by atoms with E-state index in [-0.39, 0.29) is 12.1 Å². The number of nitriles is 1. The maximum absolute atomic E-state index is 12.0. The van der Waals surface area contributed by atoms with Gasteiger partial charge in [-0.2, -0.15) is 5.26 Å². The molecule has 0 saturated heterocycles. The third kappa shape index (κ3) is 2.35. The van der Waals surface area contributed by atoms with Gasteiger partial charge in [0.05, 0.1) is 12.7 Å².